The molecular formula is C18H19F3N4O2S. The highest BCUT2D eigenvalue weighted by Crippen LogP contribution is 2.38. The van der Waals surface area contributed by atoms with Crippen molar-refractivity contribution in [3.05, 3.63) is 53.5 Å². The molecule has 0 aliphatic carbocycles. The van der Waals surface area contributed by atoms with E-state index in [0.717, 1.165) is 24.4 Å². The third-order valence-corrected chi connectivity index (χ3v) is 7.07. The van der Waals surface area contributed by atoms with E-state index in [0.29, 0.717) is 18.9 Å². The lowest BCUT2D eigenvalue weighted by Crippen LogP contribution is -2.70. The molecule has 0 N–H and O–H groups in total. The number of anilines is 1. The Hall–Kier alpha value is -2.20. The van der Waals surface area contributed by atoms with Crippen molar-refractivity contribution < 1.29 is 21.6 Å². The molecule has 3 aliphatic heterocycles. The molecule has 0 radical (unpaired) electrons. The van der Waals surface area contributed by atoms with Crippen molar-refractivity contribution >= 4 is 15.8 Å². The second-order valence-corrected chi connectivity index (χ2v) is 9.07. The Balaban J connectivity index is 1.49. The van der Waals surface area contributed by atoms with E-state index in [4.69, 9.17) is 0 Å². The molecule has 2 atom stereocenters. The molecule has 4 heterocycles. The van der Waals surface area contributed by atoms with Gasteiger partial charge in [0.2, 0.25) is 10.0 Å². The first-order valence-corrected chi connectivity index (χ1v) is 10.5. The molecule has 3 fully saturated rings. The minimum absolute atomic E-state index is 0.142. The molecule has 3 saturated heterocycles. The highest BCUT2D eigenvalue weighted by atomic mass is 32.2. The Morgan fingerprint density at radius 3 is 2.54 bits per heavy atom. The van der Waals surface area contributed by atoms with E-state index < -0.39 is 27.5 Å². The van der Waals surface area contributed by atoms with Gasteiger partial charge >= 0.3 is 6.18 Å². The number of halogens is 3. The fraction of sp³-hybridized carbons (Fsp3) is 0.444. The van der Waals surface area contributed by atoms with E-state index in [2.05, 4.69) is 9.97 Å². The van der Waals surface area contributed by atoms with Crippen LogP contribution < -0.4 is 4.90 Å². The van der Waals surface area contributed by atoms with Crippen LogP contribution in [0.4, 0.5) is 19.0 Å². The van der Waals surface area contributed by atoms with E-state index in [1.807, 2.05) is 4.90 Å². The standard InChI is InChI=1S/C18H19F3N4O2S/c1-12-22-6-5-17(23-12)24-9-15-8-16(10-24)25(15)28(26,27)11-13-3-2-4-14(7-13)18(19,20)21/h2-7,15-16H,8-11H2,1H3. The zero-order valence-electron chi connectivity index (χ0n) is 15.1. The molecular weight excluding hydrogens is 393 g/mol. The third kappa shape index (κ3) is 3.58. The van der Waals surface area contributed by atoms with Crippen LogP contribution in [0, 0.1) is 6.92 Å². The van der Waals surface area contributed by atoms with Crippen LogP contribution in [0.25, 0.3) is 0 Å². The Morgan fingerprint density at radius 2 is 1.89 bits per heavy atom. The van der Waals surface area contributed by atoms with Gasteiger partial charge in [-0.15, -0.1) is 0 Å². The van der Waals surface area contributed by atoms with Gasteiger partial charge in [0.05, 0.1) is 11.3 Å². The maximum absolute atomic E-state index is 12.9. The number of aryl methyl sites for hydroxylation is 1. The predicted octanol–water partition coefficient (Wildman–Crippen LogP) is 2.60. The SMILES string of the molecule is Cc1nccc(N2CC3CC(C2)N3S(=O)(=O)Cc2cccc(C(F)(F)F)c2)n1. The average Bonchev–Trinajstić information content (AvgIpc) is 2.60. The minimum atomic E-state index is -4.50. The van der Waals surface area contributed by atoms with Gasteiger partial charge in [-0.25, -0.2) is 18.4 Å². The fourth-order valence-corrected chi connectivity index (χ4v) is 5.92. The molecule has 3 aliphatic rings. The summed E-state index contributed by atoms with van der Waals surface area (Å²) >= 11 is 0. The van der Waals surface area contributed by atoms with Gasteiger partial charge in [-0.1, -0.05) is 18.2 Å². The Bertz CT molecular complexity index is 984. The number of hydrogen-bond acceptors (Lipinski definition) is 5. The fourth-order valence-electron chi connectivity index (χ4n) is 3.96. The van der Waals surface area contributed by atoms with Gasteiger partial charge in [-0.3, -0.25) is 0 Å². The number of nitrogens with zero attached hydrogens (tertiary/aromatic N) is 4. The van der Waals surface area contributed by atoms with E-state index in [1.165, 1.54) is 16.4 Å². The lowest BCUT2D eigenvalue weighted by atomic mass is 9.91. The second-order valence-electron chi connectivity index (χ2n) is 7.19. The van der Waals surface area contributed by atoms with Crippen molar-refractivity contribution in [1.82, 2.24) is 14.3 Å². The van der Waals surface area contributed by atoms with Crippen molar-refractivity contribution in [3.63, 3.8) is 0 Å². The normalized spacial score (nSPS) is 22.8. The summed E-state index contributed by atoms with van der Waals surface area (Å²) in [6.07, 6.45) is -2.08. The molecule has 28 heavy (non-hydrogen) atoms. The lowest BCUT2D eigenvalue weighted by Gasteiger charge is -2.55. The smallest absolute Gasteiger partial charge is 0.353 e. The minimum Gasteiger partial charge on any atom is -0.353 e. The summed E-state index contributed by atoms with van der Waals surface area (Å²) in [5, 5.41) is 0. The molecule has 1 aromatic carbocycles. The number of alkyl halides is 3. The summed E-state index contributed by atoms with van der Waals surface area (Å²) in [5.41, 5.74) is -0.697. The van der Waals surface area contributed by atoms with Crippen LogP contribution in [0.1, 0.15) is 23.4 Å². The number of rotatable bonds is 4. The molecule has 6 nitrogen and oxygen atoms in total. The van der Waals surface area contributed by atoms with E-state index in [-0.39, 0.29) is 17.6 Å². The van der Waals surface area contributed by atoms with Crippen LogP contribution in [0.2, 0.25) is 0 Å². The molecule has 0 saturated carbocycles. The van der Waals surface area contributed by atoms with Crippen molar-refractivity contribution in [2.45, 2.75) is 37.4 Å². The summed E-state index contributed by atoms with van der Waals surface area (Å²) < 4.78 is 65.8. The topological polar surface area (TPSA) is 66.4 Å². The summed E-state index contributed by atoms with van der Waals surface area (Å²) in [7, 11) is -3.71. The van der Waals surface area contributed by atoms with Gasteiger partial charge in [0.15, 0.2) is 0 Å². The van der Waals surface area contributed by atoms with Gasteiger partial charge < -0.3 is 4.90 Å². The maximum atomic E-state index is 12.9. The van der Waals surface area contributed by atoms with Crippen LogP contribution in [0.5, 0.6) is 0 Å². The number of piperidine rings is 1. The average molecular weight is 412 g/mol. The van der Waals surface area contributed by atoms with E-state index in [9.17, 15) is 21.6 Å². The van der Waals surface area contributed by atoms with Gasteiger partial charge in [-0.05, 0) is 31.0 Å². The van der Waals surface area contributed by atoms with Crippen LogP contribution in [-0.4, -0.2) is 47.9 Å². The first kappa shape index (κ1) is 19.1. The number of aromatic nitrogens is 2. The monoisotopic (exact) mass is 412 g/mol. The molecule has 0 amide bonds. The van der Waals surface area contributed by atoms with Gasteiger partial charge in [-0.2, -0.15) is 17.5 Å². The molecule has 5 rings (SSSR count). The number of fused-ring (bicyclic) bond motifs is 2. The Kier molecular flexibility index (Phi) is 4.58. The van der Waals surface area contributed by atoms with Crippen LogP contribution in [0.15, 0.2) is 36.5 Å². The zero-order valence-corrected chi connectivity index (χ0v) is 15.9. The third-order valence-electron chi connectivity index (χ3n) is 5.14. The van der Waals surface area contributed by atoms with Crippen molar-refractivity contribution in [3.8, 4) is 0 Å². The van der Waals surface area contributed by atoms with E-state index in [1.54, 1.807) is 19.2 Å². The quantitative estimate of drug-likeness (QED) is 0.772. The number of piperazine rings is 1. The van der Waals surface area contributed by atoms with Gasteiger partial charge in [0.25, 0.3) is 0 Å². The number of sulfonamides is 1. The summed E-state index contributed by atoms with van der Waals surface area (Å²) in [4.78, 5) is 10.5. The first-order chi connectivity index (χ1) is 13.1. The number of hydrogen-bond donors (Lipinski definition) is 0. The zero-order chi connectivity index (χ0) is 20.1. The molecule has 150 valence electrons. The molecule has 1 aromatic heterocycles. The Labute approximate surface area is 161 Å². The lowest BCUT2D eigenvalue weighted by molar-refractivity contribution is -0.137. The summed E-state index contributed by atoms with van der Waals surface area (Å²) in [5.74, 6) is 0.971. The largest absolute Gasteiger partial charge is 0.416 e. The number of benzene rings is 1. The van der Waals surface area contributed by atoms with Crippen LogP contribution in [-0.2, 0) is 22.0 Å². The molecule has 2 bridgehead atoms. The highest BCUT2D eigenvalue weighted by Gasteiger charge is 2.50. The van der Waals surface area contributed by atoms with Crippen molar-refractivity contribution in [1.29, 1.82) is 0 Å². The molecule has 2 unspecified atom stereocenters. The summed E-state index contributed by atoms with van der Waals surface area (Å²) in [6, 6.07) is 5.91. The van der Waals surface area contributed by atoms with Crippen LogP contribution in [0.3, 0.4) is 0 Å². The molecule has 0 spiro atoms. The van der Waals surface area contributed by atoms with Gasteiger partial charge in [0, 0.05) is 31.4 Å². The predicted molar refractivity (Wildman–Crippen MR) is 97.1 cm³/mol. The summed E-state index contributed by atoms with van der Waals surface area (Å²) in [6.45, 7) is 2.81. The van der Waals surface area contributed by atoms with Gasteiger partial charge in [0.1, 0.15) is 11.6 Å². The molecule has 10 heteroatoms. The van der Waals surface area contributed by atoms with Crippen molar-refractivity contribution in [2.75, 3.05) is 18.0 Å². The maximum Gasteiger partial charge on any atom is 0.416 e. The van der Waals surface area contributed by atoms with E-state index >= 15 is 0 Å². The Morgan fingerprint density at radius 1 is 1.18 bits per heavy atom. The first-order valence-electron chi connectivity index (χ1n) is 8.85. The highest BCUT2D eigenvalue weighted by molar-refractivity contribution is 7.88. The van der Waals surface area contributed by atoms with Crippen LogP contribution >= 0.6 is 0 Å². The molecule has 2 aromatic rings. The van der Waals surface area contributed by atoms with Crippen molar-refractivity contribution in [2.24, 2.45) is 0 Å². The second kappa shape index (κ2) is 6.70.